The van der Waals surface area contributed by atoms with Gasteiger partial charge in [-0.3, -0.25) is 4.79 Å². The van der Waals surface area contributed by atoms with Crippen LogP contribution < -0.4 is 0 Å². The van der Waals surface area contributed by atoms with Crippen LogP contribution in [0.4, 0.5) is 13.2 Å². The molecule has 2 atom stereocenters. The molecular weight excluding hydrogens is 397 g/mol. The molecule has 3 aromatic rings. The van der Waals surface area contributed by atoms with Gasteiger partial charge in [-0.05, 0) is 25.8 Å². The number of rotatable bonds is 5. The molecule has 0 N–H and O–H groups in total. The zero-order valence-corrected chi connectivity index (χ0v) is 16.8. The highest BCUT2D eigenvalue weighted by Crippen LogP contribution is 2.32. The van der Waals surface area contributed by atoms with Crippen LogP contribution in [0.1, 0.15) is 55.7 Å². The predicted octanol–water partition coefficient (Wildman–Crippen LogP) is 3.47. The number of hydrogen-bond donors (Lipinski definition) is 0. The topological polar surface area (TPSA) is 68.3 Å². The smallest absolute Gasteiger partial charge is 0.342 e. The Balaban J connectivity index is 1.52. The number of imidazole rings is 1. The standard InChI is InChI=1S/C20H23F3N6O/c1-3-15-9-17(20(21,22)23)29-18(25-15)10-16(26-29)14-4-6-27(11-14)19(30)8-13(2)28-7-5-24-12-28/h5,7,9-10,12-14H,3-4,6,8,11H2,1-2H3/t13-,14+/m0/s1. The quantitative estimate of drug-likeness (QED) is 0.634. The number of carbonyl (C=O) groups excluding carboxylic acids is 1. The molecule has 1 fully saturated rings. The summed E-state index contributed by atoms with van der Waals surface area (Å²) in [5.74, 6) is -0.0878. The van der Waals surface area contributed by atoms with Crippen molar-refractivity contribution >= 4 is 11.6 Å². The molecule has 1 aliphatic heterocycles. The van der Waals surface area contributed by atoms with Gasteiger partial charge < -0.3 is 9.47 Å². The van der Waals surface area contributed by atoms with E-state index in [-0.39, 0.29) is 23.5 Å². The number of likely N-dealkylation sites (tertiary alicyclic amines) is 1. The molecule has 4 heterocycles. The molecule has 0 aliphatic carbocycles. The minimum absolute atomic E-state index is 0.0137. The van der Waals surface area contributed by atoms with Crippen molar-refractivity contribution in [3.63, 3.8) is 0 Å². The van der Waals surface area contributed by atoms with Gasteiger partial charge in [-0.25, -0.2) is 14.5 Å². The van der Waals surface area contributed by atoms with Crippen LogP contribution >= 0.6 is 0 Å². The number of aryl methyl sites for hydroxylation is 1. The van der Waals surface area contributed by atoms with E-state index in [0.717, 1.165) is 10.6 Å². The van der Waals surface area contributed by atoms with Gasteiger partial charge in [0.1, 0.15) is 5.69 Å². The SMILES string of the molecule is CCc1cc(C(F)(F)F)n2nc([C@@H]3CCN(C(=O)C[C@H](C)n4ccnc4)C3)cc2n1. The number of hydrogen-bond acceptors (Lipinski definition) is 4. The first-order valence-electron chi connectivity index (χ1n) is 9.98. The molecule has 7 nitrogen and oxygen atoms in total. The summed E-state index contributed by atoms with van der Waals surface area (Å²) >= 11 is 0. The number of amides is 1. The Bertz CT molecular complexity index is 1040. The van der Waals surface area contributed by atoms with Crippen LogP contribution in [0.25, 0.3) is 5.65 Å². The Morgan fingerprint density at radius 2 is 2.13 bits per heavy atom. The van der Waals surface area contributed by atoms with Gasteiger partial charge in [0.2, 0.25) is 5.91 Å². The van der Waals surface area contributed by atoms with Gasteiger partial charge >= 0.3 is 6.18 Å². The fourth-order valence-corrected chi connectivity index (χ4v) is 3.87. The van der Waals surface area contributed by atoms with E-state index >= 15 is 0 Å². The monoisotopic (exact) mass is 420 g/mol. The van der Waals surface area contributed by atoms with Crippen molar-refractivity contribution in [1.29, 1.82) is 0 Å². The average Bonchev–Trinajstić information content (AvgIpc) is 3.45. The molecule has 3 aromatic heterocycles. The van der Waals surface area contributed by atoms with Crippen LogP contribution in [0, 0.1) is 0 Å². The van der Waals surface area contributed by atoms with Crippen molar-refractivity contribution in [3.05, 3.63) is 47.9 Å². The number of carbonyl (C=O) groups is 1. The van der Waals surface area contributed by atoms with E-state index in [1.165, 1.54) is 0 Å². The van der Waals surface area contributed by atoms with Crippen LogP contribution in [0.5, 0.6) is 0 Å². The Labute approximate surface area is 171 Å². The van der Waals surface area contributed by atoms with Crippen molar-refractivity contribution in [3.8, 4) is 0 Å². The molecule has 10 heteroatoms. The van der Waals surface area contributed by atoms with E-state index in [2.05, 4.69) is 15.1 Å². The highest BCUT2D eigenvalue weighted by molar-refractivity contribution is 5.77. The average molecular weight is 420 g/mol. The van der Waals surface area contributed by atoms with Gasteiger partial charge in [-0.2, -0.15) is 18.3 Å². The largest absolute Gasteiger partial charge is 0.433 e. The zero-order chi connectivity index (χ0) is 21.5. The number of nitrogens with zero attached hydrogens (tertiary/aromatic N) is 6. The van der Waals surface area contributed by atoms with E-state index in [1.54, 1.807) is 30.4 Å². The molecule has 0 radical (unpaired) electrons. The van der Waals surface area contributed by atoms with Gasteiger partial charge in [0.25, 0.3) is 0 Å². The molecule has 0 aromatic carbocycles. The molecule has 0 spiro atoms. The summed E-state index contributed by atoms with van der Waals surface area (Å²) in [5.41, 5.74) is 0.281. The molecule has 160 valence electrons. The van der Waals surface area contributed by atoms with Gasteiger partial charge in [0.05, 0.1) is 12.0 Å². The van der Waals surface area contributed by atoms with Gasteiger partial charge in [0, 0.05) is 55.6 Å². The predicted molar refractivity (Wildman–Crippen MR) is 103 cm³/mol. The van der Waals surface area contributed by atoms with E-state index in [1.807, 2.05) is 17.7 Å². The van der Waals surface area contributed by atoms with Crippen molar-refractivity contribution in [1.82, 2.24) is 29.0 Å². The fourth-order valence-electron chi connectivity index (χ4n) is 3.87. The molecule has 0 saturated carbocycles. The molecule has 0 unspecified atom stereocenters. The van der Waals surface area contributed by atoms with Crippen LogP contribution in [-0.2, 0) is 17.4 Å². The third kappa shape index (κ3) is 3.90. The number of halogens is 3. The number of alkyl halides is 3. The lowest BCUT2D eigenvalue weighted by Gasteiger charge is -2.19. The maximum atomic E-state index is 13.5. The van der Waals surface area contributed by atoms with Gasteiger partial charge in [-0.15, -0.1) is 0 Å². The van der Waals surface area contributed by atoms with Crippen molar-refractivity contribution in [2.45, 2.75) is 51.2 Å². The minimum atomic E-state index is -4.52. The summed E-state index contributed by atoms with van der Waals surface area (Å²) in [4.78, 5) is 22.7. The molecule has 1 saturated heterocycles. The highest BCUT2D eigenvalue weighted by atomic mass is 19.4. The lowest BCUT2D eigenvalue weighted by Crippen LogP contribution is -2.30. The summed E-state index contributed by atoms with van der Waals surface area (Å²) in [6, 6.07) is 2.65. The van der Waals surface area contributed by atoms with Crippen molar-refractivity contribution < 1.29 is 18.0 Å². The van der Waals surface area contributed by atoms with Gasteiger partial charge in [0.15, 0.2) is 5.65 Å². The fraction of sp³-hybridized carbons (Fsp3) is 0.500. The second kappa shape index (κ2) is 7.73. The molecular formula is C20H23F3N6O. The summed E-state index contributed by atoms with van der Waals surface area (Å²) in [6.45, 7) is 4.72. The van der Waals surface area contributed by atoms with Crippen molar-refractivity contribution in [2.24, 2.45) is 0 Å². The lowest BCUT2D eigenvalue weighted by atomic mass is 10.1. The van der Waals surface area contributed by atoms with Crippen molar-refractivity contribution in [2.75, 3.05) is 13.1 Å². The van der Waals surface area contributed by atoms with Crippen LogP contribution in [0.2, 0.25) is 0 Å². The van der Waals surface area contributed by atoms with Crippen LogP contribution in [0.3, 0.4) is 0 Å². The Hall–Kier alpha value is -2.91. The van der Waals surface area contributed by atoms with Gasteiger partial charge in [-0.1, -0.05) is 6.92 Å². The minimum Gasteiger partial charge on any atom is -0.342 e. The molecule has 0 bridgehead atoms. The Morgan fingerprint density at radius 3 is 2.80 bits per heavy atom. The third-order valence-electron chi connectivity index (χ3n) is 5.61. The lowest BCUT2D eigenvalue weighted by molar-refractivity contribution is -0.142. The van der Waals surface area contributed by atoms with Crippen LogP contribution in [0.15, 0.2) is 30.9 Å². The normalized spacial score (nSPS) is 18.3. The first-order valence-corrected chi connectivity index (χ1v) is 9.98. The molecule has 4 rings (SSSR count). The Morgan fingerprint density at radius 1 is 1.33 bits per heavy atom. The number of aromatic nitrogens is 5. The summed E-state index contributed by atoms with van der Waals surface area (Å²) in [7, 11) is 0. The summed E-state index contributed by atoms with van der Waals surface area (Å²) < 4.78 is 43.2. The summed E-state index contributed by atoms with van der Waals surface area (Å²) in [6.07, 6.45) is 2.05. The van der Waals surface area contributed by atoms with E-state index in [9.17, 15) is 18.0 Å². The molecule has 1 aliphatic rings. The first-order chi connectivity index (χ1) is 14.3. The maximum Gasteiger partial charge on any atom is 0.433 e. The highest BCUT2D eigenvalue weighted by Gasteiger charge is 2.36. The molecule has 1 amide bonds. The summed E-state index contributed by atoms with van der Waals surface area (Å²) in [5, 5.41) is 4.22. The first kappa shape index (κ1) is 20.4. The second-order valence-electron chi connectivity index (χ2n) is 7.71. The van der Waals surface area contributed by atoms with E-state index in [4.69, 9.17) is 0 Å². The zero-order valence-electron chi connectivity index (χ0n) is 16.8. The second-order valence-corrected chi connectivity index (χ2v) is 7.71. The molecule has 30 heavy (non-hydrogen) atoms. The van der Waals surface area contributed by atoms with E-state index < -0.39 is 11.9 Å². The number of fused-ring (bicyclic) bond motifs is 1. The third-order valence-corrected chi connectivity index (χ3v) is 5.61. The maximum absolute atomic E-state index is 13.5. The van der Waals surface area contributed by atoms with Crippen LogP contribution in [-0.4, -0.2) is 48.0 Å². The van der Waals surface area contributed by atoms with E-state index in [0.29, 0.717) is 43.7 Å². The Kier molecular flexibility index (Phi) is 5.25.